The number of methoxy groups -OCH3 is 4. The molecular formula is C19H21NO6. The topological polar surface area (TPSA) is 78.4 Å². The van der Waals surface area contributed by atoms with Crippen molar-refractivity contribution in [3.63, 3.8) is 0 Å². The van der Waals surface area contributed by atoms with Crippen molar-refractivity contribution in [3.05, 3.63) is 47.5 Å². The van der Waals surface area contributed by atoms with Crippen molar-refractivity contribution in [2.45, 2.75) is 6.10 Å². The molecule has 7 nitrogen and oxygen atoms in total. The van der Waals surface area contributed by atoms with Gasteiger partial charge in [-0.15, -0.1) is 0 Å². The average Bonchev–Trinajstić information content (AvgIpc) is 3.17. The van der Waals surface area contributed by atoms with Crippen molar-refractivity contribution in [2.24, 2.45) is 0 Å². The van der Waals surface area contributed by atoms with Crippen LogP contribution in [0.2, 0.25) is 0 Å². The van der Waals surface area contributed by atoms with Gasteiger partial charge in [-0.3, -0.25) is 10.3 Å². The van der Waals surface area contributed by atoms with Gasteiger partial charge in [-0.2, -0.15) is 0 Å². The number of phenolic OH excluding ortho intramolecular Hbond substituents is 1. The smallest absolute Gasteiger partial charge is 0.203 e. The normalized spacial score (nSPS) is 15.8. The minimum atomic E-state index is -0.349. The van der Waals surface area contributed by atoms with Crippen LogP contribution in [0.1, 0.15) is 17.2 Å². The molecule has 26 heavy (non-hydrogen) atoms. The van der Waals surface area contributed by atoms with Gasteiger partial charge in [-0.25, -0.2) is 0 Å². The highest BCUT2D eigenvalue weighted by atomic mass is 16.7. The van der Waals surface area contributed by atoms with Crippen LogP contribution in [0.25, 0.3) is 5.70 Å². The second-order valence-electron chi connectivity index (χ2n) is 5.57. The molecule has 3 rings (SSSR count). The molecule has 0 amide bonds. The van der Waals surface area contributed by atoms with E-state index in [9.17, 15) is 5.11 Å². The maximum atomic E-state index is 9.74. The number of benzene rings is 2. The number of hydrogen-bond donors (Lipinski definition) is 2. The van der Waals surface area contributed by atoms with E-state index in [2.05, 4.69) is 5.48 Å². The van der Waals surface area contributed by atoms with E-state index in [-0.39, 0.29) is 11.9 Å². The summed E-state index contributed by atoms with van der Waals surface area (Å²) in [6.45, 7) is 0. The summed E-state index contributed by atoms with van der Waals surface area (Å²) in [5, 5.41) is 9.74. The molecule has 2 N–H and O–H groups in total. The summed E-state index contributed by atoms with van der Waals surface area (Å²) < 4.78 is 21.3. The van der Waals surface area contributed by atoms with Crippen LogP contribution in [0.5, 0.6) is 28.7 Å². The lowest BCUT2D eigenvalue weighted by Gasteiger charge is -2.15. The Bertz CT molecular complexity index is 808. The maximum Gasteiger partial charge on any atom is 0.203 e. The quantitative estimate of drug-likeness (QED) is 0.821. The Morgan fingerprint density at radius 1 is 0.885 bits per heavy atom. The van der Waals surface area contributed by atoms with Crippen molar-refractivity contribution >= 4 is 5.70 Å². The predicted molar refractivity (Wildman–Crippen MR) is 95.7 cm³/mol. The van der Waals surface area contributed by atoms with Gasteiger partial charge in [0.1, 0.15) is 6.10 Å². The molecule has 138 valence electrons. The van der Waals surface area contributed by atoms with Crippen LogP contribution >= 0.6 is 0 Å². The van der Waals surface area contributed by atoms with E-state index in [1.807, 2.05) is 18.2 Å². The zero-order valence-electron chi connectivity index (χ0n) is 15.0. The van der Waals surface area contributed by atoms with Crippen molar-refractivity contribution < 1.29 is 28.9 Å². The predicted octanol–water partition coefficient (Wildman–Crippen LogP) is 3.04. The molecule has 0 aliphatic carbocycles. The Morgan fingerprint density at radius 3 is 2.12 bits per heavy atom. The van der Waals surface area contributed by atoms with Crippen LogP contribution in [-0.2, 0) is 4.84 Å². The highest BCUT2D eigenvalue weighted by Crippen LogP contribution is 2.42. The minimum Gasteiger partial charge on any atom is -0.504 e. The fraction of sp³-hybridized carbons (Fsp3) is 0.263. The summed E-state index contributed by atoms with van der Waals surface area (Å²) in [6, 6.07) is 8.76. The molecule has 0 bridgehead atoms. The van der Waals surface area contributed by atoms with Gasteiger partial charge in [-0.05, 0) is 42.0 Å². The van der Waals surface area contributed by atoms with Crippen LogP contribution in [0, 0.1) is 0 Å². The average molecular weight is 359 g/mol. The van der Waals surface area contributed by atoms with Gasteiger partial charge in [0.15, 0.2) is 23.0 Å². The van der Waals surface area contributed by atoms with E-state index in [4.69, 9.17) is 23.8 Å². The van der Waals surface area contributed by atoms with E-state index in [1.165, 1.54) is 7.11 Å². The fourth-order valence-corrected chi connectivity index (χ4v) is 2.78. The van der Waals surface area contributed by atoms with Crippen molar-refractivity contribution in [3.8, 4) is 28.7 Å². The molecule has 1 unspecified atom stereocenters. The highest BCUT2D eigenvalue weighted by Gasteiger charge is 2.23. The molecule has 0 saturated heterocycles. The molecule has 0 aromatic heterocycles. The first-order chi connectivity index (χ1) is 12.6. The second kappa shape index (κ2) is 7.45. The molecular weight excluding hydrogens is 338 g/mol. The van der Waals surface area contributed by atoms with Gasteiger partial charge >= 0.3 is 0 Å². The Morgan fingerprint density at radius 2 is 1.54 bits per heavy atom. The first kappa shape index (κ1) is 17.8. The van der Waals surface area contributed by atoms with Crippen LogP contribution in [0.15, 0.2) is 36.4 Å². The second-order valence-corrected chi connectivity index (χ2v) is 5.57. The highest BCUT2D eigenvalue weighted by molar-refractivity contribution is 5.68. The fourth-order valence-electron chi connectivity index (χ4n) is 2.78. The van der Waals surface area contributed by atoms with Crippen molar-refractivity contribution in [2.75, 3.05) is 28.4 Å². The largest absolute Gasteiger partial charge is 0.504 e. The Kier molecular flexibility index (Phi) is 5.09. The van der Waals surface area contributed by atoms with E-state index in [0.29, 0.717) is 23.0 Å². The summed E-state index contributed by atoms with van der Waals surface area (Å²) in [5.74, 6) is 2.10. The number of aromatic hydroxyl groups is 1. The van der Waals surface area contributed by atoms with Gasteiger partial charge in [0, 0.05) is 5.56 Å². The van der Waals surface area contributed by atoms with Crippen LogP contribution in [-0.4, -0.2) is 33.5 Å². The number of hydrogen-bond acceptors (Lipinski definition) is 7. The first-order valence-corrected chi connectivity index (χ1v) is 7.92. The summed E-state index contributed by atoms with van der Waals surface area (Å²) >= 11 is 0. The molecule has 1 atom stereocenters. The van der Waals surface area contributed by atoms with E-state index in [0.717, 1.165) is 16.8 Å². The maximum absolute atomic E-state index is 9.74. The zero-order chi connectivity index (χ0) is 18.7. The number of hydroxylamine groups is 1. The molecule has 1 heterocycles. The molecule has 0 saturated carbocycles. The number of ether oxygens (including phenoxy) is 4. The molecule has 1 aliphatic rings. The third-order valence-corrected chi connectivity index (χ3v) is 4.12. The van der Waals surface area contributed by atoms with Crippen molar-refractivity contribution in [1.82, 2.24) is 5.48 Å². The number of phenols is 1. The molecule has 2 aromatic carbocycles. The van der Waals surface area contributed by atoms with E-state index >= 15 is 0 Å². The summed E-state index contributed by atoms with van der Waals surface area (Å²) in [6.07, 6.45) is 1.57. The standard InChI is InChI=1S/C19H21NO6/c1-22-16-7-11(5-6-14(16)21)13-10-15(26-20-13)12-8-17(23-2)19(25-4)18(9-12)24-3/h5-10,15,20-21H,1-4H3. The van der Waals surface area contributed by atoms with Crippen LogP contribution in [0.3, 0.4) is 0 Å². The summed E-state index contributed by atoms with van der Waals surface area (Å²) in [5.41, 5.74) is 5.34. The van der Waals surface area contributed by atoms with Crippen LogP contribution < -0.4 is 24.4 Å². The first-order valence-electron chi connectivity index (χ1n) is 7.92. The number of rotatable bonds is 6. The van der Waals surface area contributed by atoms with Crippen molar-refractivity contribution in [1.29, 1.82) is 0 Å². The lowest BCUT2D eigenvalue weighted by atomic mass is 10.0. The molecule has 1 aliphatic heterocycles. The molecule has 0 radical (unpaired) electrons. The third kappa shape index (κ3) is 3.21. The Balaban J connectivity index is 1.94. The van der Waals surface area contributed by atoms with Gasteiger partial charge in [-0.1, -0.05) is 0 Å². The van der Waals surface area contributed by atoms with Crippen LogP contribution in [0.4, 0.5) is 0 Å². The van der Waals surface area contributed by atoms with E-state index in [1.54, 1.807) is 39.5 Å². The van der Waals surface area contributed by atoms with Gasteiger partial charge in [0.2, 0.25) is 5.75 Å². The number of nitrogens with one attached hydrogen (secondary N) is 1. The summed E-state index contributed by atoms with van der Waals surface area (Å²) in [4.78, 5) is 5.68. The lowest BCUT2D eigenvalue weighted by Crippen LogP contribution is -2.08. The zero-order valence-corrected chi connectivity index (χ0v) is 15.0. The summed E-state index contributed by atoms with van der Waals surface area (Å²) in [7, 11) is 6.20. The molecule has 0 fully saturated rings. The molecule has 2 aromatic rings. The minimum absolute atomic E-state index is 0.0805. The van der Waals surface area contributed by atoms with E-state index < -0.39 is 0 Å². The Hall–Kier alpha value is -3.06. The van der Waals surface area contributed by atoms with Gasteiger partial charge < -0.3 is 24.1 Å². The molecule has 0 spiro atoms. The SMILES string of the molecule is COc1cc(C2=CC(c3cc(OC)c(OC)c(OC)c3)ON2)ccc1O. The monoisotopic (exact) mass is 359 g/mol. The Labute approximate surface area is 151 Å². The molecule has 7 heteroatoms. The van der Waals surface area contributed by atoms with Gasteiger partial charge in [0.25, 0.3) is 0 Å². The van der Waals surface area contributed by atoms with Gasteiger partial charge in [0.05, 0.1) is 34.1 Å². The lowest BCUT2D eigenvalue weighted by molar-refractivity contribution is 0.0508. The third-order valence-electron chi connectivity index (χ3n) is 4.12.